The summed E-state index contributed by atoms with van der Waals surface area (Å²) in [6.45, 7) is 0. The second-order valence-corrected chi connectivity index (χ2v) is 6.13. The number of hydrazine groups is 1. The van der Waals surface area contributed by atoms with E-state index in [0.29, 0.717) is 16.2 Å². The fourth-order valence-electron chi connectivity index (χ4n) is 1.82. The maximum absolute atomic E-state index is 12.4. The molecule has 2 amide bonds. The van der Waals surface area contributed by atoms with E-state index in [1.54, 1.807) is 42.7 Å². The lowest BCUT2D eigenvalue weighted by Gasteiger charge is -2.15. The van der Waals surface area contributed by atoms with E-state index in [9.17, 15) is 9.59 Å². The molecule has 2 aromatic rings. The summed E-state index contributed by atoms with van der Waals surface area (Å²) in [6, 6.07) is 8.63. The van der Waals surface area contributed by atoms with Gasteiger partial charge in [0.15, 0.2) is 4.32 Å². The Bertz CT molecular complexity index is 794. The van der Waals surface area contributed by atoms with Gasteiger partial charge in [-0.3, -0.25) is 25.0 Å². The highest BCUT2D eigenvalue weighted by Gasteiger charge is 2.33. The number of nitrogens with zero attached hydrogens (tertiary/aromatic N) is 3. The zero-order valence-corrected chi connectivity index (χ0v) is 13.3. The van der Waals surface area contributed by atoms with Crippen molar-refractivity contribution in [1.29, 1.82) is 0 Å². The van der Waals surface area contributed by atoms with E-state index in [4.69, 9.17) is 12.2 Å². The summed E-state index contributed by atoms with van der Waals surface area (Å²) >= 11 is 6.27. The van der Waals surface area contributed by atoms with Crippen LogP contribution in [0.3, 0.4) is 0 Å². The molecule has 23 heavy (non-hydrogen) atoms. The average molecular weight is 342 g/mol. The molecule has 1 aliphatic rings. The van der Waals surface area contributed by atoms with Gasteiger partial charge in [0.2, 0.25) is 0 Å². The molecule has 0 radical (unpaired) electrons. The van der Waals surface area contributed by atoms with E-state index < -0.39 is 5.91 Å². The molecule has 0 unspecified atom stereocenters. The first kappa shape index (κ1) is 15.3. The third kappa shape index (κ3) is 3.43. The van der Waals surface area contributed by atoms with Crippen LogP contribution in [0.15, 0.2) is 53.8 Å². The largest absolute Gasteiger partial charge is 0.285 e. The van der Waals surface area contributed by atoms with Gasteiger partial charge in [0.1, 0.15) is 0 Å². The van der Waals surface area contributed by atoms with E-state index in [0.717, 1.165) is 16.8 Å². The highest BCUT2D eigenvalue weighted by Crippen LogP contribution is 2.31. The highest BCUT2D eigenvalue weighted by molar-refractivity contribution is 8.26. The number of amides is 2. The normalized spacial score (nSPS) is 16.0. The number of aromatic nitrogens is 2. The molecule has 8 heteroatoms. The first-order valence-corrected chi connectivity index (χ1v) is 7.77. The number of hydrogen-bond acceptors (Lipinski definition) is 6. The smallest absolute Gasteiger partial charge is 0.267 e. The van der Waals surface area contributed by atoms with E-state index in [1.807, 2.05) is 6.07 Å². The van der Waals surface area contributed by atoms with Crippen molar-refractivity contribution < 1.29 is 9.59 Å². The predicted molar refractivity (Wildman–Crippen MR) is 91.0 cm³/mol. The standard InChI is InChI=1S/C15H10N4O2S2/c20-13(10-4-3-6-16-9-10)18-19-14(21)12(23-15(19)22)8-11-5-1-2-7-17-11/h1-9H,(H,18,20)/b12-8+. The molecule has 1 fully saturated rings. The third-order valence-electron chi connectivity index (χ3n) is 2.90. The molecule has 0 aliphatic carbocycles. The van der Waals surface area contributed by atoms with E-state index >= 15 is 0 Å². The Morgan fingerprint density at radius 3 is 2.83 bits per heavy atom. The molecule has 114 valence electrons. The number of thiocarbonyl (C=S) groups is 1. The molecular weight excluding hydrogens is 332 g/mol. The Balaban J connectivity index is 1.77. The molecule has 3 rings (SSSR count). The van der Waals surface area contributed by atoms with E-state index in [-0.39, 0.29) is 10.2 Å². The van der Waals surface area contributed by atoms with E-state index in [1.165, 1.54) is 6.20 Å². The summed E-state index contributed by atoms with van der Waals surface area (Å²) in [6.07, 6.45) is 6.25. The molecular formula is C15H10N4O2S2. The lowest BCUT2D eigenvalue weighted by molar-refractivity contribution is -0.123. The summed E-state index contributed by atoms with van der Waals surface area (Å²) in [5.74, 6) is -0.837. The van der Waals surface area contributed by atoms with Crippen molar-refractivity contribution >= 4 is 46.2 Å². The molecule has 1 N–H and O–H groups in total. The third-order valence-corrected chi connectivity index (χ3v) is 4.20. The van der Waals surface area contributed by atoms with Crippen molar-refractivity contribution in [2.75, 3.05) is 0 Å². The Kier molecular flexibility index (Phi) is 4.45. The van der Waals surface area contributed by atoms with Gasteiger partial charge in [0, 0.05) is 18.6 Å². The van der Waals surface area contributed by atoms with Crippen LogP contribution >= 0.6 is 24.0 Å². The van der Waals surface area contributed by atoms with Crippen LogP contribution in [-0.2, 0) is 4.79 Å². The van der Waals surface area contributed by atoms with Gasteiger partial charge in [0.05, 0.1) is 16.2 Å². The molecule has 1 saturated heterocycles. The Labute approximate surface area is 141 Å². The molecule has 6 nitrogen and oxygen atoms in total. The molecule has 2 aromatic heterocycles. The average Bonchev–Trinajstić information content (AvgIpc) is 2.84. The van der Waals surface area contributed by atoms with Crippen LogP contribution in [0.4, 0.5) is 0 Å². The van der Waals surface area contributed by atoms with Gasteiger partial charge >= 0.3 is 0 Å². The number of pyridine rings is 2. The van der Waals surface area contributed by atoms with Crippen molar-refractivity contribution in [3.8, 4) is 0 Å². The first-order valence-electron chi connectivity index (χ1n) is 6.55. The van der Waals surface area contributed by atoms with Gasteiger partial charge in [-0.15, -0.1) is 0 Å². The van der Waals surface area contributed by atoms with Crippen molar-refractivity contribution in [1.82, 2.24) is 20.4 Å². The number of carbonyl (C=O) groups excluding carboxylic acids is 2. The summed E-state index contributed by atoms with van der Waals surface area (Å²) < 4.78 is 0.259. The Morgan fingerprint density at radius 2 is 2.13 bits per heavy atom. The molecule has 0 aromatic carbocycles. The zero-order chi connectivity index (χ0) is 16.2. The fraction of sp³-hybridized carbons (Fsp3) is 0. The molecule has 0 saturated carbocycles. The van der Waals surface area contributed by atoms with Crippen LogP contribution < -0.4 is 5.43 Å². The molecule has 1 aliphatic heterocycles. The minimum atomic E-state index is -0.450. The van der Waals surface area contributed by atoms with Crippen molar-refractivity contribution in [2.45, 2.75) is 0 Å². The van der Waals surface area contributed by atoms with Gasteiger partial charge in [-0.05, 0) is 42.6 Å². The predicted octanol–water partition coefficient (Wildman–Crippen LogP) is 2.02. The van der Waals surface area contributed by atoms with Gasteiger partial charge in [-0.1, -0.05) is 17.8 Å². The van der Waals surface area contributed by atoms with Crippen LogP contribution in [0.2, 0.25) is 0 Å². The van der Waals surface area contributed by atoms with Crippen LogP contribution in [0.5, 0.6) is 0 Å². The summed E-state index contributed by atoms with van der Waals surface area (Å²) in [7, 11) is 0. The molecule has 0 spiro atoms. The Hall–Kier alpha value is -2.58. The van der Waals surface area contributed by atoms with Crippen molar-refractivity contribution in [3.63, 3.8) is 0 Å². The monoisotopic (exact) mass is 342 g/mol. The minimum Gasteiger partial charge on any atom is -0.267 e. The summed E-state index contributed by atoms with van der Waals surface area (Å²) in [5.41, 5.74) is 3.48. The number of rotatable bonds is 3. The van der Waals surface area contributed by atoms with Crippen LogP contribution in [-0.4, -0.2) is 31.1 Å². The maximum Gasteiger partial charge on any atom is 0.285 e. The summed E-state index contributed by atoms with van der Waals surface area (Å²) in [5, 5.41) is 1.06. The molecule has 0 bridgehead atoms. The second-order valence-electron chi connectivity index (χ2n) is 4.45. The number of nitrogens with one attached hydrogen (secondary N) is 1. The van der Waals surface area contributed by atoms with Crippen LogP contribution in [0, 0.1) is 0 Å². The fourth-order valence-corrected chi connectivity index (χ4v) is 2.99. The van der Waals surface area contributed by atoms with E-state index in [2.05, 4.69) is 15.4 Å². The van der Waals surface area contributed by atoms with Crippen LogP contribution in [0.1, 0.15) is 16.1 Å². The number of carbonyl (C=O) groups is 2. The highest BCUT2D eigenvalue weighted by atomic mass is 32.2. The number of thioether (sulfide) groups is 1. The lowest BCUT2D eigenvalue weighted by Crippen LogP contribution is -2.44. The SMILES string of the molecule is O=C(NN1C(=O)/C(=C\c2ccccn2)SC1=S)c1cccnc1. The molecule has 0 atom stereocenters. The minimum absolute atomic E-state index is 0.259. The second kappa shape index (κ2) is 6.67. The lowest BCUT2D eigenvalue weighted by atomic mass is 10.3. The Morgan fingerprint density at radius 1 is 1.26 bits per heavy atom. The first-order chi connectivity index (χ1) is 11.1. The van der Waals surface area contributed by atoms with Crippen molar-refractivity contribution in [2.24, 2.45) is 0 Å². The zero-order valence-electron chi connectivity index (χ0n) is 11.7. The van der Waals surface area contributed by atoms with Crippen molar-refractivity contribution in [3.05, 3.63) is 65.1 Å². The van der Waals surface area contributed by atoms with Gasteiger partial charge in [-0.25, -0.2) is 0 Å². The molecule has 3 heterocycles. The quantitative estimate of drug-likeness (QED) is 0.679. The van der Waals surface area contributed by atoms with Gasteiger partial charge in [-0.2, -0.15) is 5.01 Å². The summed E-state index contributed by atoms with van der Waals surface area (Å²) in [4.78, 5) is 32.9. The maximum atomic E-state index is 12.4. The van der Waals surface area contributed by atoms with Crippen LogP contribution in [0.25, 0.3) is 6.08 Å². The topological polar surface area (TPSA) is 75.2 Å². The van der Waals surface area contributed by atoms with Gasteiger partial charge in [0.25, 0.3) is 11.8 Å². The number of hydrogen-bond donors (Lipinski definition) is 1. The van der Waals surface area contributed by atoms with Gasteiger partial charge < -0.3 is 0 Å².